The van der Waals surface area contributed by atoms with Gasteiger partial charge < -0.3 is 11.1 Å². The van der Waals surface area contributed by atoms with Gasteiger partial charge in [-0.3, -0.25) is 14.7 Å². The summed E-state index contributed by atoms with van der Waals surface area (Å²) < 4.78 is 13.7. The van der Waals surface area contributed by atoms with Crippen molar-refractivity contribution in [2.24, 2.45) is 5.73 Å². The number of nitrogens with two attached hydrogens (primary N) is 1. The third-order valence-corrected chi connectivity index (χ3v) is 3.00. The largest absolute Gasteiger partial charge is 0.364 e. The van der Waals surface area contributed by atoms with Crippen LogP contribution in [0.1, 0.15) is 26.5 Å². The lowest BCUT2D eigenvalue weighted by atomic mass is 10.2. The number of aryl methyl sites for hydroxylation is 1. The summed E-state index contributed by atoms with van der Waals surface area (Å²) in [5.74, 6) is -1.90. The molecule has 2 aromatic rings. The average Bonchev–Trinajstić information content (AvgIpc) is 2.70. The summed E-state index contributed by atoms with van der Waals surface area (Å²) in [5, 5.41) is 8.74. The third kappa shape index (κ3) is 2.85. The van der Waals surface area contributed by atoms with Crippen molar-refractivity contribution in [3.63, 3.8) is 0 Å². The Hall–Kier alpha value is -2.22. The van der Waals surface area contributed by atoms with Gasteiger partial charge in [0.1, 0.15) is 5.82 Å². The molecule has 0 saturated heterocycles. The van der Waals surface area contributed by atoms with Crippen LogP contribution in [0.2, 0.25) is 0 Å². The number of hydrogen-bond donors (Lipinski definition) is 3. The first-order valence-electron chi connectivity index (χ1n) is 5.50. The molecule has 0 bridgehead atoms. The topological polar surface area (TPSA) is 101 Å². The van der Waals surface area contributed by atoms with Crippen LogP contribution in [0.5, 0.6) is 0 Å². The van der Waals surface area contributed by atoms with Gasteiger partial charge in [-0.05, 0) is 25.1 Å². The molecular formula is C12H10BrFN4O2. The van der Waals surface area contributed by atoms with Gasteiger partial charge in [0.25, 0.3) is 11.8 Å². The molecule has 0 aliphatic rings. The number of amides is 2. The quantitative estimate of drug-likeness (QED) is 0.796. The van der Waals surface area contributed by atoms with E-state index in [1.165, 1.54) is 12.1 Å². The van der Waals surface area contributed by atoms with E-state index >= 15 is 0 Å². The summed E-state index contributed by atoms with van der Waals surface area (Å²) in [4.78, 5) is 23.2. The van der Waals surface area contributed by atoms with Gasteiger partial charge in [-0.2, -0.15) is 5.10 Å². The molecule has 0 radical (unpaired) electrons. The van der Waals surface area contributed by atoms with Gasteiger partial charge in [-0.15, -0.1) is 0 Å². The highest BCUT2D eigenvalue weighted by Crippen LogP contribution is 2.20. The molecule has 8 heteroatoms. The van der Waals surface area contributed by atoms with Crippen LogP contribution in [-0.4, -0.2) is 22.0 Å². The second-order valence-electron chi connectivity index (χ2n) is 4.05. The number of hydrogen-bond acceptors (Lipinski definition) is 3. The molecule has 0 unspecified atom stereocenters. The SMILES string of the molecule is Cc1[nH]nc(C(N)=O)c1NC(=O)c1cc(F)cc(Br)c1. The molecule has 20 heavy (non-hydrogen) atoms. The fourth-order valence-corrected chi connectivity index (χ4v) is 2.10. The normalized spacial score (nSPS) is 10.3. The molecule has 2 rings (SSSR count). The number of halogens is 2. The van der Waals surface area contributed by atoms with Crippen molar-refractivity contribution in [3.05, 3.63) is 45.4 Å². The predicted octanol–water partition coefficient (Wildman–Crippen LogP) is 1.97. The molecule has 1 aromatic carbocycles. The third-order valence-electron chi connectivity index (χ3n) is 2.54. The van der Waals surface area contributed by atoms with Crippen LogP contribution >= 0.6 is 15.9 Å². The van der Waals surface area contributed by atoms with Gasteiger partial charge in [-0.25, -0.2) is 4.39 Å². The Balaban J connectivity index is 2.32. The highest BCUT2D eigenvalue weighted by molar-refractivity contribution is 9.10. The van der Waals surface area contributed by atoms with E-state index in [0.29, 0.717) is 10.2 Å². The van der Waals surface area contributed by atoms with Crippen molar-refractivity contribution in [1.82, 2.24) is 10.2 Å². The minimum atomic E-state index is -0.773. The number of primary amides is 1. The molecule has 6 nitrogen and oxygen atoms in total. The maximum Gasteiger partial charge on any atom is 0.271 e. The van der Waals surface area contributed by atoms with Crippen LogP contribution in [0, 0.1) is 12.7 Å². The van der Waals surface area contributed by atoms with Crippen LogP contribution in [0.3, 0.4) is 0 Å². The molecule has 1 aromatic heterocycles. The average molecular weight is 341 g/mol. The number of carbonyl (C=O) groups is 2. The number of nitrogens with one attached hydrogen (secondary N) is 2. The van der Waals surface area contributed by atoms with Crippen molar-refractivity contribution < 1.29 is 14.0 Å². The fraction of sp³-hybridized carbons (Fsp3) is 0.0833. The Morgan fingerprint density at radius 1 is 1.40 bits per heavy atom. The Morgan fingerprint density at radius 3 is 2.70 bits per heavy atom. The maximum absolute atomic E-state index is 13.3. The summed E-state index contributed by atoms with van der Waals surface area (Å²) in [5.41, 5.74) is 5.84. The molecular weight excluding hydrogens is 331 g/mol. The first-order chi connectivity index (χ1) is 9.38. The van der Waals surface area contributed by atoms with E-state index in [4.69, 9.17) is 5.73 Å². The molecule has 4 N–H and O–H groups in total. The molecule has 2 amide bonds. The minimum Gasteiger partial charge on any atom is -0.364 e. The number of benzene rings is 1. The summed E-state index contributed by atoms with van der Waals surface area (Å²) >= 11 is 3.10. The van der Waals surface area contributed by atoms with E-state index in [2.05, 4.69) is 31.4 Å². The summed E-state index contributed by atoms with van der Waals surface area (Å²) in [6.45, 7) is 1.62. The Bertz CT molecular complexity index is 679. The van der Waals surface area contributed by atoms with E-state index in [1.54, 1.807) is 6.92 Å². The van der Waals surface area contributed by atoms with Gasteiger partial charge in [0.2, 0.25) is 0 Å². The lowest BCUT2D eigenvalue weighted by Crippen LogP contribution is -2.18. The van der Waals surface area contributed by atoms with Crippen LogP contribution < -0.4 is 11.1 Å². The number of aromatic amines is 1. The van der Waals surface area contributed by atoms with E-state index < -0.39 is 17.6 Å². The van der Waals surface area contributed by atoms with Gasteiger partial charge >= 0.3 is 0 Å². The molecule has 0 saturated carbocycles. The van der Waals surface area contributed by atoms with Gasteiger partial charge in [0, 0.05) is 10.0 Å². The number of anilines is 1. The van der Waals surface area contributed by atoms with Crippen LogP contribution in [-0.2, 0) is 0 Å². The molecule has 0 fully saturated rings. The molecule has 0 aliphatic carbocycles. The first-order valence-corrected chi connectivity index (χ1v) is 6.30. The molecule has 0 spiro atoms. The zero-order valence-electron chi connectivity index (χ0n) is 10.3. The second kappa shape index (κ2) is 5.41. The smallest absolute Gasteiger partial charge is 0.271 e. The number of rotatable bonds is 3. The highest BCUT2D eigenvalue weighted by Gasteiger charge is 2.18. The standard InChI is InChI=1S/C12H10BrFN4O2/c1-5-9(10(11(15)19)18-17-5)16-12(20)6-2-7(13)4-8(14)3-6/h2-4H,1H3,(H2,15,19)(H,16,20)(H,17,18). The van der Waals surface area contributed by atoms with E-state index in [0.717, 1.165) is 6.07 Å². The Labute approximate surface area is 121 Å². The van der Waals surface area contributed by atoms with Crippen molar-refractivity contribution in [2.45, 2.75) is 6.92 Å². The zero-order chi connectivity index (χ0) is 14.9. The lowest BCUT2D eigenvalue weighted by molar-refractivity contribution is 0.0996. The van der Waals surface area contributed by atoms with Crippen LogP contribution in [0.15, 0.2) is 22.7 Å². The number of aromatic nitrogens is 2. The maximum atomic E-state index is 13.3. The van der Waals surface area contributed by atoms with Crippen molar-refractivity contribution in [2.75, 3.05) is 5.32 Å². The van der Waals surface area contributed by atoms with Crippen molar-refractivity contribution >= 4 is 33.4 Å². The fourth-order valence-electron chi connectivity index (χ4n) is 1.63. The zero-order valence-corrected chi connectivity index (χ0v) is 11.9. The minimum absolute atomic E-state index is 0.0775. The summed E-state index contributed by atoms with van der Waals surface area (Å²) in [6.07, 6.45) is 0. The Morgan fingerprint density at radius 2 is 2.10 bits per heavy atom. The number of H-pyrrole nitrogens is 1. The lowest BCUT2D eigenvalue weighted by Gasteiger charge is -2.06. The van der Waals surface area contributed by atoms with Gasteiger partial charge in [0.15, 0.2) is 5.69 Å². The van der Waals surface area contributed by atoms with Gasteiger partial charge in [0.05, 0.1) is 11.4 Å². The summed E-state index contributed by atoms with van der Waals surface area (Å²) in [7, 11) is 0. The first kappa shape index (κ1) is 14.2. The van der Waals surface area contributed by atoms with Crippen LogP contribution in [0.4, 0.5) is 10.1 Å². The number of nitrogens with zero attached hydrogens (tertiary/aromatic N) is 1. The highest BCUT2D eigenvalue weighted by atomic mass is 79.9. The molecule has 104 valence electrons. The number of carbonyl (C=O) groups excluding carboxylic acids is 2. The predicted molar refractivity (Wildman–Crippen MR) is 73.9 cm³/mol. The van der Waals surface area contributed by atoms with Crippen molar-refractivity contribution in [3.8, 4) is 0 Å². The van der Waals surface area contributed by atoms with Crippen molar-refractivity contribution in [1.29, 1.82) is 0 Å². The molecule has 0 aliphatic heterocycles. The van der Waals surface area contributed by atoms with Gasteiger partial charge in [-0.1, -0.05) is 15.9 Å². The summed E-state index contributed by atoms with van der Waals surface area (Å²) in [6, 6.07) is 3.77. The molecule has 0 atom stereocenters. The Kier molecular flexibility index (Phi) is 3.84. The second-order valence-corrected chi connectivity index (χ2v) is 4.96. The monoisotopic (exact) mass is 340 g/mol. The van der Waals surface area contributed by atoms with E-state index in [-0.39, 0.29) is 16.9 Å². The van der Waals surface area contributed by atoms with E-state index in [1.807, 2.05) is 0 Å². The molecule has 1 heterocycles. The van der Waals surface area contributed by atoms with Crippen LogP contribution in [0.25, 0.3) is 0 Å². The van der Waals surface area contributed by atoms with E-state index in [9.17, 15) is 14.0 Å².